The molecule has 0 saturated heterocycles. The van der Waals surface area contributed by atoms with E-state index in [-0.39, 0.29) is 11.7 Å². The van der Waals surface area contributed by atoms with Gasteiger partial charge >= 0.3 is 0 Å². The predicted octanol–water partition coefficient (Wildman–Crippen LogP) is 2.13. The second-order valence-electron chi connectivity index (χ2n) is 4.22. The van der Waals surface area contributed by atoms with Crippen molar-refractivity contribution in [3.05, 3.63) is 46.2 Å². The first kappa shape index (κ1) is 14.9. The Morgan fingerprint density at radius 2 is 2.14 bits per heavy atom. The lowest BCUT2D eigenvalue weighted by Gasteiger charge is -2.19. The van der Waals surface area contributed by atoms with Crippen LogP contribution in [-0.4, -0.2) is 31.1 Å². The van der Waals surface area contributed by atoms with Gasteiger partial charge in [-0.1, -0.05) is 17.3 Å². The van der Waals surface area contributed by atoms with Crippen LogP contribution in [0.4, 0.5) is 5.69 Å². The Morgan fingerprint density at radius 3 is 2.76 bits per heavy atom. The molecule has 0 aliphatic heterocycles. The van der Waals surface area contributed by atoms with Crippen LogP contribution in [0.25, 0.3) is 0 Å². The Bertz CT molecular complexity index is 682. The van der Waals surface area contributed by atoms with Crippen molar-refractivity contribution in [3.8, 4) is 5.75 Å². The molecule has 0 fully saturated rings. The van der Waals surface area contributed by atoms with Crippen LogP contribution in [-0.2, 0) is 0 Å². The minimum Gasteiger partial charge on any atom is -0.496 e. The highest BCUT2D eigenvalue weighted by Crippen LogP contribution is 2.26. The van der Waals surface area contributed by atoms with Gasteiger partial charge in [-0.2, -0.15) is 0 Å². The first-order valence-electron chi connectivity index (χ1n) is 6.06. The van der Waals surface area contributed by atoms with Gasteiger partial charge < -0.3 is 20.6 Å². The number of ether oxygens (including phenoxy) is 1. The number of anilines is 1. The molecular formula is C14H15N3O3S. The molecule has 0 bridgehead atoms. The first-order chi connectivity index (χ1) is 10.1. The molecule has 0 aliphatic carbocycles. The average molecular weight is 305 g/mol. The summed E-state index contributed by atoms with van der Waals surface area (Å²) < 4.78 is 5.08. The number of methoxy groups -OCH3 is 1. The zero-order chi connectivity index (χ0) is 15.4. The van der Waals surface area contributed by atoms with E-state index in [0.717, 1.165) is 0 Å². The summed E-state index contributed by atoms with van der Waals surface area (Å²) in [5, 5.41) is 13.6. The Morgan fingerprint density at radius 1 is 1.43 bits per heavy atom. The molecule has 7 heteroatoms. The van der Waals surface area contributed by atoms with E-state index < -0.39 is 0 Å². The molecule has 1 heterocycles. The van der Waals surface area contributed by atoms with Crippen molar-refractivity contribution >= 4 is 28.8 Å². The lowest BCUT2D eigenvalue weighted by atomic mass is 10.1. The van der Waals surface area contributed by atoms with E-state index in [0.29, 0.717) is 21.9 Å². The van der Waals surface area contributed by atoms with Gasteiger partial charge in [0, 0.05) is 24.1 Å². The Balaban J connectivity index is 2.36. The van der Waals surface area contributed by atoms with E-state index in [4.69, 9.17) is 15.7 Å². The Kier molecular flexibility index (Phi) is 4.44. The smallest absolute Gasteiger partial charge is 0.268 e. The number of rotatable bonds is 4. The molecular weight excluding hydrogens is 290 g/mol. The SMILES string of the molecule is COc1csc(C(=O)N(C)c2ccccc2/C(N)=N/O)c1. The fourth-order valence-corrected chi connectivity index (χ4v) is 2.68. The van der Waals surface area contributed by atoms with Crippen molar-refractivity contribution in [1.29, 1.82) is 0 Å². The number of hydrogen-bond donors (Lipinski definition) is 2. The maximum absolute atomic E-state index is 12.5. The quantitative estimate of drug-likeness (QED) is 0.392. The highest BCUT2D eigenvalue weighted by atomic mass is 32.1. The van der Waals surface area contributed by atoms with Gasteiger partial charge in [-0.05, 0) is 12.1 Å². The van der Waals surface area contributed by atoms with Crippen LogP contribution in [0.2, 0.25) is 0 Å². The summed E-state index contributed by atoms with van der Waals surface area (Å²) >= 11 is 1.30. The number of amides is 1. The summed E-state index contributed by atoms with van der Waals surface area (Å²) in [5.41, 5.74) is 6.69. The van der Waals surface area contributed by atoms with Crippen molar-refractivity contribution < 1.29 is 14.7 Å². The number of oxime groups is 1. The molecule has 110 valence electrons. The van der Waals surface area contributed by atoms with Crippen molar-refractivity contribution in [2.75, 3.05) is 19.1 Å². The van der Waals surface area contributed by atoms with Crippen LogP contribution in [0.15, 0.2) is 40.9 Å². The van der Waals surface area contributed by atoms with Gasteiger partial charge in [-0.15, -0.1) is 11.3 Å². The van der Waals surface area contributed by atoms with Crippen LogP contribution < -0.4 is 15.4 Å². The second-order valence-corrected chi connectivity index (χ2v) is 5.13. The third kappa shape index (κ3) is 2.97. The lowest BCUT2D eigenvalue weighted by Crippen LogP contribution is -2.28. The van der Waals surface area contributed by atoms with Crippen LogP contribution in [0, 0.1) is 0 Å². The molecule has 0 radical (unpaired) electrons. The molecule has 0 aliphatic rings. The van der Waals surface area contributed by atoms with Crippen molar-refractivity contribution in [2.24, 2.45) is 10.9 Å². The summed E-state index contributed by atoms with van der Waals surface area (Å²) in [6.07, 6.45) is 0. The molecule has 2 aromatic rings. The van der Waals surface area contributed by atoms with Crippen LogP contribution in [0.1, 0.15) is 15.2 Å². The molecule has 0 unspecified atom stereocenters. The number of amidine groups is 1. The Hall–Kier alpha value is -2.54. The standard InChI is InChI=1S/C14H15N3O3S/c1-17(14(18)12-7-9(20-2)8-21-12)11-6-4-3-5-10(11)13(15)16-19/h3-8,19H,1-2H3,(H2,15,16). The van der Waals surface area contributed by atoms with Gasteiger partial charge in [0.15, 0.2) is 5.84 Å². The maximum atomic E-state index is 12.5. The van der Waals surface area contributed by atoms with Crippen LogP contribution >= 0.6 is 11.3 Å². The number of para-hydroxylation sites is 1. The molecule has 3 N–H and O–H groups in total. The number of carbonyl (C=O) groups is 1. The minimum absolute atomic E-state index is 0.0472. The van der Waals surface area contributed by atoms with Crippen molar-refractivity contribution in [1.82, 2.24) is 0 Å². The number of thiophene rings is 1. The molecule has 0 atom stereocenters. The molecule has 2 rings (SSSR count). The van der Waals surface area contributed by atoms with Gasteiger partial charge in [0.25, 0.3) is 5.91 Å². The second kappa shape index (κ2) is 6.27. The summed E-state index contributed by atoms with van der Waals surface area (Å²) in [6.45, 7) is 0. The van der Waals surface area contributed by atoms with E-state index in [1.165, 1.54) is 16.2 Å². The summed E-state index contributed by atoms with van der Waals surface area (Å²) in [4.78, 5) is 14.5. The van der Waals surface area contributed by atoms with E-state index >= 15 is 0 Å². The molecule has 21 heavy (non-hydrogen) atoms. The average Bonchev–Trinajstić information content (AvgIpc) is 3.01. The molecule has 0 saturated carbocycles. The van der Waals surface area contributed by atoms with Crippen LogP contribution in [0.5, 0.6) is 5.75 Å². The molecule has 1 amide bonds. The number of benzene rings is 1. The molecule has 1 aromatic heterocycles. The van der Waals surface area contributed by atoms with Crippen LogP contribution in [0.3, 0.4) is 0 Å². The largest absolute Gasteiger partial charge is 0.496 e. The summed E-state index contributed by atoms with van der Waals surface area (Å²) in [5.74, 6) is 0.400. The molecule has 1 aromatic carbocycles. The van der Waals surface area contributed by atoms with E-state index in [2.05, 4.69) is 5.16 Å². The molecule has 0 spiro atoms. The fraction of sp³-hybridized carbons (Fsp3) is 0.143. The van der Waals surface area contributed by atoms with Gasteiger partial charge in [-0.3, -0.25) is 4.79 Å². The van der Waals surface area contributed by atoms with Gasteiger partial charge in [0.2, 0.25) is 0 Å². The highest BCUT2D eigenvalue weighted by Gasteiger charge is 2.19. The van der Waals surface area contributed by atoms with E-state index in [1.54, 1.807) is 49.9 Å². The van der Waals surface area contributed by atoms with Gasteiger partial charge in [0.05, 0.1) is 17.7 Å². The zero-order valence-corrected chi connectivity index (χ0v) is 12.4. The zero-order valence-electron chi connectivity index (χ0n) is 11.6. The highest BCUT2D eigenvalue weighted by molar-refractivity contribution is 7.12. The first-order valence-corrected chi connectivity index (χ1v) is 6.94. The Labute approximate surface area is 126 Å². The fourth-order valence-electron chi connectivity index (χ4n) is 1.85. The number of carbonyl (C=O) groups excluding carboxylic acids is 1. The summed E-state index contributed by atoms with van der Waals surface area (Å²) in [7, 11) is 3.19. The summed E-state index contributed by atoms with van der Waals surface area (Å²) in [6, 6.07) is 8.63. The number of hydrogen-bond acceptors (Lipinski definition) is 5. The van der Waals surface area contributed by atoms with E-state index in [1.807, 2.05) is 0 Å². The van der Waals surface area contributed by atoms with Gasteiger partial charge in [0.1, 0.15) is 5.75 Å². The number of nitrogens with zero attached hydrogens (tertiary/aromatic N) is 2. The minimum atomic E-state index is -0.193. The van der Waals surface area contributed by atoms with Crippen molar-refractivity contribution in [3.63, 3.8) is 0 Å². The number of nitrogens with two attached hydrogens (primary N) is 1. The third-order valence-corrected chi connectivity index (χ3v) is 3.87. The van der Waals surface area contributed by atoms with E-state index in [9.17, 15) is 4.79 Å². The predicted molar refractivity (Wildman–Crippen MR) is 82.6 cm³/mol. The third-order valence-electron chi connectivity index (χ3n) is 2.98. The normalized spacial score (nSPS) is 11.2. The monoisotopic (exact) mass is 305 g/mol. The topological polar surface area (TPSA) is 88.2 Å². The maximum Gasteiger partial charge on any atom is 0.268 e. The van der Waals surface area contributed by atoms with Crippen molar-refractivity contribution in [2.45, 2.75) is 0 Å². The lowest BCUT2D eigenvalue weighted by molar-refractivity contribution is 0.0996. The van der Waals surface area contributed by atoms with Gasteiger partial charge in [-0.25, -0.2) is 0 Å². The molecule has 6 nitrogen and oxygen atoms in total.